The third-order valence-corrected chi connectivity index (χ3v) is 3.90. The zero-order valence-electron chi connectivity index (χ0n) is 11.0. The van der Waals surface area contributed by atoms with Gasteiger partial charge in [0.05, 0.1) is 18.8 Å². The minimum atomic E-state index is -0.776. The number of halogens is 2. The van der Waals surface area contributed by atoms with Crippen LogP contribution in [0.5, 0.6) is 0 Å². The van der Waals surface area contributed by atoms with Gasteiger partial charge in [0.1, 0.15) is 0 Å². The summed E-state index contributed by atoms with van der Waals surface area (Å²) in [6, 6.07) is 1.82. The maximum Gasteiger partial charge on any atom is 0.331 e. The van der Waals surface area contributed by atoms with Crippen molar-refractivity contribution in [2.75, 3.05) is 17.5 Å². The Balaban J connectivity index is 2.48. The van der Waals surface area contributed by atoms with Crippen LogP contribution in [-0.4, -0.2) is 29.5 Å². The summed E-state index contributed by atoms with van der Waals surface area (Å²) < 4.78 is 5.30. The fourth-order valence-corrected chi connectivity index (χ4v) is 2.84. The van der Waals surface area contributed by atoms with Crippen molar-refractivity contribution >= 4 is 41.8 Å². The predicted molar refractivity (Wildman–Crippen MR) is 81.6 cm³/mol. The maximum atomic E-state index is 10.3. The summed E-state index contributed by atoms with van der Waals surface area (Å²) >= 11 is 11.4. The van der Waals surface area contributed by atoms with Crippen LogP contribution in [-0.2, 0) is 11.3 Å². The SMILES string of the molecule is Nc1c(C(O)CCCl)cc2c(c1C(O)CCCl)[B]OC2. The van der Waals surface area contributed by atoms with E-state index in [4.69, 9.17) is 33.6 Å². The van der Waals surface area contributed by atoms with E-state index in [1.165, 1.54) is 0 Å². The normalized spacial score (nSPS) is 16.6. The van der Waals surface area contributed by atoms with Crippen molar-refractivity contribution in [3.05, 3.63) is 22.8 Å². The van der Waals surface area contributed by atoms with Gasteiger partial charge in [0.15, 0.2) is 0 Å². The van der Waals surface area contributed by atoms with E-state index in [0.29, 0.717) is 48.0 Å². The maximum absolute atomic E-state index is 10.3. The first-order valence-corrected chi connectivity index (χ1v) is 7.55. The number of rotatable bonds is 6. The van der Waals surface area contributed by atoms with Crippen molar-refractivity contribution in [3.63, 3.8) is 0 Å². The van der Waals surface area contributed by atoms with E-state index < -0.39 is 12.2 Å². The molecule has 0 fully saturated rings. The van der Waals surface area contributed by atoms with Gasteiger partial charge >= 0.3 is 7.48 Å². The lowest BCUT2D eigenvalue weighted by Crippen LogP contribution is -2.25. The number of anilines is 1. The van der Waals surface area contributed by atoms with E-state index in [-0.39, 0.29) is 0 Å². The Kier molecular flexibility index (Phi) is 5.58. The Morgan fingerprint density at radius 2 is 1.90 bits per heavy atom. The molecule has 2 atom stereocenters. The van der Waals surface area contributed by atoms with Crippen molar-refractivity contribution in [3.8, 4) is 0 Å². The molecule has 7 heteroatoms. The molecule has 4 N–H and O–H groups in total. The number of fused-ring (bicyclic) bond motifs is 1. The van der Waals surface area contributed by atoms with Crippen LogP contribution >= 0.6 is 23.2 Å². The monoisotopic (exact) mass is 316 g/mol. The van der Waals surface area contributed by atoms with Crippen molar-refractivity contribution in [1.82, 2.24) is 0 Å². The topological polar surface area (TPSA) is 75.7 Å². The van der Waals surface area contributed by atoms with Crippen LogP contribution in [0, 0.1) is 0 Å². The van der Waals surface area contributed by atoms with Gasteiger partial charge in [-0.2, -0.15) is 0 Å². The van der Waals surface area contributed by atoms with Gasteiger partial charge in [-0.05, 0) is 29.9 Å². The van der Waals surface area contributed by atoms with Crippen molar-refractivity contribution < 1.29 is 14.9 Å². The van der Waals surface area contributed by atoms with Crippen LogP contribution in [0.3, 0.4) is 0 Å². The number of hydrogen-bond donors (Lipinski definition) is 3. The van der Waals surface area contributed by atoms with E-state index in [1.54, 1.807) is 7.48 Å². The van der Waals surface area contributed by atoms with E-state index in [2.05, 4.69) is 0 Å². The molecular formula is C13H17BCl2NO3. The molecular weight excluding hydrogens is 300 g/mol. The molecule has 0 amide bonds. The summed E-state index contributed by atoms with van der Waals surface area (Å²) in [5, 5.41) is 20.4. The molecule has 0 aliphatic carbocycles. The Labute approximate surface area is 129 Å². The molecule has 1 aliphatic rings. The Hall–Kier alpha value is -0.455. The summed E-state index contributed by atoms with van der Waals surface area (Å²) in [5.41, 5.74) is 9.41. The molecule has 1 aromatic carbocycles. The Morgan fingerprint density at radius 1 is 1.25 bits per heavy atom. The molecule has 0 aromatic heterocycles. The quantitative estimate of drug-likeness (QED) is 0.421. The summed E-state index contributed by atoms with van der Waals surface area (Å²) in [4.78, 5) is 0. The van der Waals surface area contributed by atoms with Crippen LogP contribution in [0.2, 0.25) is 0 Å². The lowest BCUT2D eigenvalue weighted by Gasteiger charge is -2.21. The fraction of sp³-hybridized carbons (Fsp3) is 0.538. The standard InChI is InChI=1S/C13H17BCl2NO3/c15-3-1-9(18)8-5-7-6-20-14-12(7)11(13(8)17)10(19)2-4-16/h5,9-10,18-19H,1-4,6,17H2. The largest absolute Gasteiger partial charge is 0.430 e. The summed E-state index contributed by atoms with van der Waals surface area (Å²) in [6.07, 6.45) is -0.732. The number of nitrogen functional groups attached to an aromatic ring is 1. The fourth-order valence-electron chi connectivity index (χ4n) is 2.43. The highest BCUT2D eigenvalue weighted by Crippen LogP contribution is 2.33. The molecule has 109 valence electrons. The summed E-state index contributed by atoms with van der Waals surface area (Å²) in [5.74, 6) is 0.657. The van der Waals surface area contributed by atoms with Gasteiger partial charge < -0.3 is 20.6 Å². The molecule has 1 radical (unpaired) electrons. The highest BCUT2D eigenvalue weighted by atomic mass is 35.5. The van der Waals surface area contributed by atoms with Gasteiger partial charge in [-0.15, -0.1) is 23.2 Å². The predicted octanol–water partition coefficient (Wildman–Crippen LogP) is 1.37. The third-order valence-electron chi connectivity index (χ3n) is 3.46. The average Bonchev–Trinajstić information content (AvgIpc) is 2.86. The lowest BCUT2D eigenvalue weighted by atomic mass is 9.78. The van der Waals surface area contributed by atoms with Gasteiger partial charge in [-0.1, -0.05) is 0 Å². The number of hydrogen-bond acceptors (Lipinski definition) is 4. The highest BCUT2D eigenvalue weighted by molar-refractivity contribution is 6.50. The summed E-state index contributed by atoms with van der Waals surface area (Å²) in [6.45, 7) is 0.413. The Bertz CT molecular complexity index is 487. The molecule has 1 aromatic rings. The van der Waals surface area contributed by atoms with Crippen molar-refractivity contribution in [2.24, 2.45) is 0 Å². The molecule has 1 heterocycles. The summed E-state index contributed by atoms with van der Waals surface area (Å²) in [7, 11) is 1.59. The second kappa shape index (κ2) is 7.01. The molecule has 0 saturated heterocycles. The first-order chi connectivity index (χ1) is 9.60. The smallest absolute Gasteiger partial charge is 0.331 e. The second-order valence-electron chi connectivity index (χ2n) is 4.78. The molecule has 2 rings (SSSR count). The van der Waals surface area contributed by atoms with Crippen LogP contribution in [0.1, 0.15) is 41.7 Å². The van der Waals surface area contributed by atoms with Gasteiger partial charge in [0.25, 0.3) is 0 Å². The van der Waals surface area contributed by atoms with Crippen LogP contribution in [0.15, 0.2) is 6.07 Å². The number of aliphatic hydroxyl groups is 2. The Morgan fingerprint density at radius 3 is 2.55 bits per heavy atom. The molecule has 2 unspecified atom stereocenters. The van der Waals surface area contributed by atoms with Gasteiger partial charge in [-0.3, -0.25) is 0 Å². The minimum Gasteiger partial charge on any atom is -0.430 e. The van der Waals surface area contributed by atoms with Gasteiger partial charge in [0.2, 0.25) is 0 Å². The van der Waals surface area contributed by atoms with Crippen LogP contribution < -0.4 is 11.2 Å². The molecule has 4 nitrogen and oxygen atoms in total. The van der Waals surface area contributed by atoms with Gasteiger partial charge in [-0.25, -0.2) is 0 Å². The number of benzene rings is 1. The van der Waals surface area contributed by atoms with E-state index >= 15 is 0 Å². The van der Waals surface area contributed by atoms with Crippen molar-refractivity contribution in [1.29, 1.82) is 0 Å². The number of nitrogens with two attached hydrogens (primary N) is 1. The average molecular weight is 317 g/mol. The third kappa shape index (κ3) is 3.07. The minimum absolute atomic E-state index is 0.324. The molecule has 0 saturated carbocycles. The van der Waals surface area contributed by atoms with Crippen LogP contribution in [0.4, 0.5) is 5.69 Å². The molecule has 1 aliphatic heterocycles. The number of aliphatic hydroxyl groups excluding tert-OH is 2. The first kappa shape index (κ1) is 15.9. The van der Waals surface area contributed by atoms with E-state index in [0.717, 1.165) is 11.0 Å². The van der Waals surface area contributed by atoms with E-state index in [1.807, 2.05) is 6.07 Å². The molecule has 0 bridgehead atoms. The van der Waals surface area contributed by atoms with Crippen LogP contribution in [0.25, 0.3) is 0 Å². The zero-order valence-corrected chi connectivity index (χ0v) is 12.5. The van der Waals surface area contributed by atoms with E-state index in [9.17, 15) is 10.2 Å². The molecule has 0 spiro atoms. The van der Waals surface area contributed by atoms with Gasteiger partial charge in [0, 0.05) is 28.6 Å². The molecule has 20 heavy (non-hydrogen) atoms. The zero-order chi connectivity index (χ0) is 14.7. The first-order valence-electron chi connectivity index (χ1n) is 6.48. The second-order valence-corrected chi connectivity index (χ2v) is 5.54. The van der Waals surface area contributed by atoms with Crippen molar-refractivity contribution in [2.45, 2.75) is 31.7 Å². The number of alkyl halides is 2. The lowest BCUT2D eigenvalue weighted by molar-refractivity contribution is 0.170. The highest BCUT2D eigenvalue weighted by Gasteiger charge is 2.27.